The zero-order valence-corrected chi connectivity index (χ0v) is 26.7. The van der Waals surface area contributed by atoms with Crippen LogP contribution in [0.4, 0.5) is 26.4 Å². The molecule has 244 valence electrons. The number of hydrogen-bond donors (Lipinski definition) is 2. The monoisotopic (exact) mass is 653 g/mol. The number of rotatable bonds is 7. The Morgan fingerprint density at radius 3 is 2.33 bits per heavy atom. The van der Waals surface area contributed by atoms with Crippen molar-refractivity contribution in [3.63, 3.8) is 0 Å². The van der Waals surface area contributed by atoms with Gasteiger partial charge < -0.3 is 34.6 Å². The minimum Gasteiger partial charge on any atom is -0.489 e. The van der Waals surface area contributed by atoms with Gasteiger partial charge in [-0.15, -0.1) is 0 Å². The summed E-state index contributed by atoms with van der Waals surface area (Å²) in [6, 6.07) is 11.9. The maximum Gasteiger partial charge on any atom is 0.410 e. The Hall–Kier alpha value is -4.42. The van der Waals surface area contributed by atoms with Crippen molar-refractivity contribution in [2.75, 3.05) is 54.9 Å². The number of nitrogens with one attached hydrogen (secondary N) is 2. The van der Waals surface area contributed by atoms with Crippen LogP contribution in [-0.2, 0) is 9.47 Å². The number of nitrogens with zero attached hydrogens (tertiary/aromatic N) is 3. The maximum atomic E-state index is 14.3. The van der Waals surface area contributed by atoms with Gasteiger partial charge in [-0.2, -0.15) is 0 Å². The van der Waals surface area contributed by atoms with Gasteiger partial charge in [-0.05, 0) is 63.2 Å². The molecule has 2 fully saturated rings. The summed E-state index contributed by atoms with van der Waals surface area (Å²) >= 11 is 5.88. The summed E-state index contributed by atoms with van der Waals surface area (Å²) < 4.78 is 31.7. The number of aromatic nitrogens is 1. The Kier molecular flexibility index (Phi) is 10.3. The van der Waals surface area contributed by atoms with E-state index < -0.39 is 23.2 Å². The van der Waals surface area contributed by atoms with E-state index in [1.165, 1.54) is 18.3 Å². The van der Waals surface area contributed by atoms with Crippen molar-refractivity contribution in [3.8, 4) is 5.75 Å². The fraction of sp³-hybridized carbons (Fsp3) is 0.394. The van der Waals surface area contributed by atoms with Crippen LogP contribution in [0.15, 0.2) is 54.7 Å². The van der Waals surface area contributed by atoms with Crippen LogP contribution in [0.3, 0.4) is 0 Å². The maximum absolute atomic E-state index is 14.3. The third-order valence-electron chi connectivity index (χ3n) is 7.42. The normalized spacial score (nSPS) is 15.7. The lowest BCUT2D eigenvalue weighted by Gasteiger charge is -2.34. The van der Waals surface area contributed by atoms with Crippen molar-refractivity contribution < 1.29 is 33.0 Å². The summed E-state index contributed by atoms with van der Waals surface area (Å²) in [5, 5.41) is 5.75. The molecular weight excluding hydrogens is 617 g/mol. The smallest absolute Gasteiger partial charge is 0.410 e. The number of amides is 3. The minimum atomic E-state index is -0.666. The number of likely N-dealkylation sites (tertiary alicyclic amines) is 1. The van der Waals surface area contributed by atoms with Crippen molar-refractivity contribution in [1.82, 2.24) is 9.88 Å². The van der Waals surface area contributed by atoms with Crippen LogP contribution in [0, 0.1) is 5.82 Å². The van der Waals surface area contributed by atoms with Gasteiger partial charge in [0.15, 0.2) is 0 Å². The molecule has 0 unspecified atom stereocenters. The van der Waals surface area contributed by atoms with E-state index in [0.717, 1.165) is 17.8 Å². The quantitative estimate of drug-likeness (QED) is 0.319. The predicted octanol–water partition coefficient (Wildman–Crippen LogP) is 5.99. The van der Waals surface area contributed by atoms with E-state index >= 15 is 0 Å². The lowest BCUT2D eigenvalue weighted by Crippen LogP contribution is -2.44. The number of halogens is 2. The minimum absolute atomic E-state index is 0.0907. The molecule has 2 aliphatic rings. The Bertz CT molecular complexity index is 1570. The zero-order chi connectivity index (χ0) is 32.8. The first kappa shape index (κ1) is 33.0. The molecule has 0 atom stereocenters. The molecule has 1 aromatic heterocycles. The molecular formula is C33H37ClFN5O6. The Labute approximate surface area is 272 Å². The van der Waals surface area contributed by atoms with Gasteiger partial charge in [0.25, 0.3) is 11.8 Å². The van der Waals surface area contributed by atoms with Crippen molar-refractivity contribution in [3.05, 3.63) is 76.7 Å². The molecule has 0 aliphatic carbocycles. The molecule has 0 bridgehead atoms. The van der Waals surface area contributed by atoms with Gasteiger partial charge in [0.2, 0.25) is 0 Å². The largest absolute Gasteiger partial charge is 0.489 e. The molecule has 2 saturated heterocycles. The Morgan fingerprint density at radius 2 is 1.65 bits per heavy atom. The number of pyridine rings is 1. The number of morpholine rings is 1. The molecule has 3 heterocycles. The van der Waals surface area contributed by atoms with Crippen molar-refractivity contribution in [2.45, 2.75) is 45.3 Å². The number of benzene rings is 2. The van der Waals surface area contributed by atoms with Gasteiger partial charge in [0, 0.05) is 57.0 Å². The van der Waals surface area contributed by atoms with Gasteiger partial charge in [0.1, 0.15) is 29.1 Å². The second kappa shape index (κ2) is 14.3. The number of piperidine rings is 1. The van der Waals surface area contributed by atoms with Crippen LogP contribution in [0.5, 0.6) is 5.75 Å². The van der Waals surface area contributed by atoms with Gasteiger partial charge in [-0.25, -0.2) is 14.2 Å². The lowest BCUT2D eigenvalue weighted by atomic mass is 10.1. The third kappa shape index (κ3) is 8.64. The number of hydrogen-bond acceptors (Lipinski definition) is 8. The van der Waals surface area contributed by atoms with Crippen molar-refractivity contribution >= 4 is 46.7 Å². The second-order valence-electron chi connectivity index (χ2n) is 12.0. The molecule has 11 nitrogen and oxygen atoms in total. The number of ether oxygens (including phenoxy) is 3. The standard InChI is InChI=1S/C33H37ClFN5O6/c1-33(2,3)46-32(43)40-12-10-24(11-13-40)45-28-19-23(39-14-16-44-17-15-39)6-7-25(28)30(41)37-27-8-5-22(35)18-26(27)31(42)38-29-9-4-21(34)20-36-29/h4-9,18-20,24H,10-17H2,1-3H3,(H,37,41)(H,36,38,42). The van der Waals surface area contributed by atoms with E-state index in [1.54, 1.807) is 17.0 Å². The van der Waals surface area contributed by atoms with Crippen molar-refractivity contribution in [2.24, 2.45) is 0 Å². The fourth-order valence-electron chi connectivity index (χ4n) is 5.11. The molecule has 13 heteroatoms. The molecule has 2 aliphatic heterocycles. The molecule has 3 aromatic rings. The third-order valence-corrected chi connectivity index (χ3v) is 7.64. The molecule has 2 aromatic carbocycles. The molecule has 3 amide bonds. The molecule has 0 spiro atoms. The van der Waals surface area contributed by atoms with Gasteiger partial charge in [0.05, 0.1) is 35.1 Å². The van der Waals surface area contributed by atoms with Crippen LogP contribution in [0.1, 0.15) is 54.3 Å². The predicted molar refractivity (Wildman–Crippen MR) is 172 cm³/mol. The average Bonchev–Trinajstić information content (AvgIpc) is 3.03. The van der Waals surface area contributed by atoms with E-state index in [2.05, 4.69) is 20.5 Å². The molecule has 2 N–H and O–H groups in total. The Morgan fingerprint density at radius 1 is 0.935 bits per heavy atom. The summed E-state index contributed by atoms with van der Waals surface area (Å²) in [6.45, 7) is 8.92. The summed E-state index contributed by atoms with van der Waals surface area (Å²) in [7, 11) is 0. The van der Waals surface area contributed by atoms with Crippen molar-refractivity contribution in [1.29, 1.82) is 0 Å². The van der Waals surface area contributed by atoms with Gasteiger partial charge in [-0.1, -0.05) is 11.6 Å². The fourth-order valence-corrected chi connectivity index (χ4v) is 5.22. The van der Waals surface area contributed by atoms with E-state index in [0.29, 0.717) is 63.0 Å². The highest BCUT2D eigenvalue weighted by Crippen LogP contribution is 2.31. The molecule has 0 saturated carbocycles. The Balaban J connectivity index is 1.35. The lowest BCUT2D eigenvalue weighted by molar-refractivity contribution is 0.0126. The summed E-state index contributed by atoms with van der Waals surface area (Å²) in [5.41, 5.74) is 0.531. The number of carbonyl (C=O) groups is 3. The van der Waals surface area contributed by atoms with E-state index in [9.17, 15) is 18.8 Å². The second-order valence-corrected chi connectivity index (χ2v) is 12.5. The SMILES string of the molecule is CC(C)(C)OC(=O)N1CCC(Oc2cc(N3CCOCC3)ccc2C(=O)Nc2ccc(F)cc2C(=O)Nc2ccc(Cl)cn2)CC1. The van der Waals surface area contributed by atoms with Crippen LogP contribution in [-0.4, -0.2) is 78.9 Å². The summed E-state index contributed by atoms with van der Waals surface area (Å²) in [6.07, 6.45) is 1.83. The van der Waals surface area contributed by atoms with Crippen LogP contribution < -0.4 is 20.3 Å². The summed E-state index contributed by atoms with van der Waals surface area (Å²) in [4.78, 5) is 47.3. The van der Waals surface area contributed by atoms with Gasteiger partial charge in [-0.3, -0.25) is 9.59 Å². The van der Waals surface area contributed by atoms with Gasteiger partial charge >= 0.3 is 6.09 Å². The van der Waals surface area contributed by atoms with E-state index in [-0.39, 0.29) is 34.8 Å². The van der Waals surface area contributed by atoms with Crippen LogP contribution in [0.2, 0.25) is 5.02 Å². The highest BCUT2D eigenvalue weighted by molar-refractivity contribution is 6.30. The summed E-state index contributed by atoms with van der Waals surface area (Å²) in [5.74, 6) is -1.29. The van der Waals surface area contributed by atoms with Crippen LogP contribution in [0.25, 0.3) is 0 Å². The van der Waals surface area contributed by atoms with E-state index in [4.69, 9.17) is 25.8 Å². The van der Waals surface area contributed by atoms with E-state index in [1.807, 2.05) is 32.9 Å². The number of anilines is 3. The highest BCUT2D eigenvalue weighted by atomic mass is 35.5. The van der Waals surface area contributed by atoms with Crippen LogP contribution >= 0.6 is 11.6 Å². The molecule has 46 heavy (non-hydrogen) atoms. The first-order valence-electron chi connectivity index (χ1n) is 15.1. The topological polar surface area (TPSA) is 122 Å². The first-order valence-corrected chi connectivity index (χ1v) is 15.5. The molecule has 5 rings (SSSR count). The highest BCUT2D eigenvalue weighted by Gasteiger charge is 2.29. The molecule has 0 radical (unpaired) electrons. The average molecular weight is 654 g/mol. The first-order chi connectivity index (χ1) is 21.9. The number of carbonyl (C=O) groups excluding carboxylic acids is 3. The zero-order valence-electron chi connectivity index (χ0n) is 26.0.